The zero-order valence-corrected chi connectivity index (χ0v) is 21.1. The van der Waals surface area contributed by atoms with Crippen LogP contribution in [0.2, 0.25) is 0 Å². The van der Waals surface area contributed by atoms with E-state index in [4.69, 9.17) is 9.15 Å². The summed E-state index contributed by atoms with van der Waals surface area (Å²) >= 11 is 0. The van der Waals surface area contributed by atoms with Crippen LogP contribution in [0.5, 0.6) is 0 Å². The molecule has 0 bridgehead atoms. The molecule has 0 aliphatic carbocycles. The second kappa shape index (κ2) is 12.6. The number of furan rings is 1. The summed E-state index contributed by atoms with van der Waals surface area (Å²) in [7, 11) is 1.60. The van der Waals surface area contributed by atoms with E-state index in [1.54, 1.807) is 16.9 Å². The molecule has 2 rings (SSSR count). The van der Waals surface area contributed by atoms with E-state index in [0.29, 0.717) is 32.7 Å². The third-order valence-corrected chi connectivity index (χ3v) is 5.44. The fourth-order valence-corrected chi connectivity index (χ4v) is 4.10. The number of carbonyl (C=O) groups is 2. The Balaban J connectivity index is 2.13. The fourth-order valence-electron chi connectivity index (χ4n) is 4.10. The lowest BCUT2D eigenvalue weighted by Gasteiger charge is -2.29. The van der Waals surface area contributed by atoms with Crippen LogP contribution in [0.1, 0.15) is 57.6 Å². The average Bonchev–Trinajstić information content (AvgIpc) is 3.14. The van der Waals surface area contributed by atoms with Crippen LogP contribution in [0.4, 0.5) is 0 Å². The van der Waals surface area contributed by atoms with Gasteiger partial charge in [0, 0.05) is 26.6 Å². The molecule has 0 aliphatic heterocycles. The Labute approximate surface area is 198 Å². The zero-order valence-electron chi connectivity index (χ0n) is 21.1. The zero-order chi connectivity index (χ0) is 24.4. The molecule has 2 amide bonds. The van der Waals surface area contributed by atoms with E-state index in [1.807, 2.05) is 49.4 Å². The minimum atomic E-state index is -0.110. The van der Waals surface area contributed by atoms with Gasteiger partial charge in [-0.15, -0.1) is 0 Å². The van der Waals surface area contributed by atoms with Crippen molar-refractivity contribution in [2.24, 2.45) is 11.3 Å². The van der Waals surface area contributed by atoms with Crippen molar-refractivity contribution in [2.45, 2.75) is 60.5 Å². The molecular weight excluding hydrogens is 416 g/mol. The number of methoxy groups -OCH3 is 1. The van der Waals surface area contributed by atoms with E-state index in [2.05, 4.69) is 27.7 Å². The van der Waals surface area contributed by atoms with Gasteiger partial charge in [-0.05, 0) is 42.4 Å². The van der Waals surface area contributed by atoms with Crippen molar-refractivity contribution < 1.29 is 18.7 Å². The van der Waals surface area contributed by atoms with Crippen LogP contribution in [0.15, 0.2) is 46.9 Å². The van der Waals surface area contributed by atoms with E-state index < -0.39 is 0 Å². The highest BCUT2D eigenvalue weighted by molar-refractivity contribution is 5.85. The third kappa shape index (κ3) is 9.82. The number of rotatable bonds is 12. The molecule has 0 spiro atoms. The Morgan fingerprint density at radius 1 is 1.00 bits per heavy atom. The highest BCUT2D eigenvalue weighted by atomic mass is 16.5. The van der Waals surface area contributed by atoms with Crippen molar-refractivity contribution in [1.29, 1.82) is 0 Å². The van der Waals surface area contributed by atoms with Crippen LogP contribution in [-0.4, -0.2) is 48.4 Å². The molecule has 1 atom stereocenters. The lowest BCUT2D eigenvalue weighted by molar-refractivity contribution is -0.142. The van der Waals surface area contributed by atoms with Gasteiger partial charge < -0.3 is 19.0 Å². The van der Waals surface area contributed by atoms with Crippen molar-refractivity contribution in [1.82, 2.24) is 9.80 Å². The molecule has 182 valence electrons. The van der Waals surface area contributed by atoms with E-state index >= 15 is 0 Å². The lowest BCUT2D eigenvalue weighted by Crippen LogP contribution is -2.44. The van der Waals surface area contributed by atoms with Crippen LogP contribution in [-0.2, 0) is 27.4 Å². The molecule has 1 aromatic carbocycles. The van der Waals surface area contributed by atoms with Gasteiger partial charge in [0.2, 0.25) is 11.8 Å². The van der Waals surface area contributed by atoms with E-state index in [0.717, 1.165) is 23.5 Å². The second-order valence-corrected chi connectivity index (χ2v) is 10.1. The predicted octanol–water partition coefficient (Wildman–Crippen LogP) is 5.05. The molecule has 1 heterocycles. The summed E-state index contributed by atoms with van der Waals surface area (Å²) in [6.07, 6.45) is 1.37. The van der Waals surface area contributed by atoms with Gasteiger partial charge in [-0.1, -0.05) is 58.0 Å². The first-order chi connectivity index (χ1) is 15.6. The molecule has 1 aromatic heterocycles. The Morgan fingerprint density at radius 2 is 1.70 bits per heavy atom. The number of hydrogen-bond acceptors (Lipinski definition) is 4. The van der Waals surface area contributed by atoms with Crippen molar-refractivity contribution in [2.75, 3.05) is 26.8 Å². The number of benzene rings is 1. The summed E-state index contributed by atoms with van der Waals surface area (Å²) < 4.78 is 10.9. The van der Waals surface area contributed by atoms with E-state index in [-0.39, 0.29) is 29.7 Å². The van der Waals surface area contributed by atoms with Gasteiger partial charge in [-0.25, -0.2) is 0 Å². The van der Waals surface area contributed by atoms with Crippen LogP contribution in [0, 0.1) is 18.3 Å². The smallest absolute Gasteiger partial charge is 0.242 e. The summed E-state index contributed by atoms with van der Waals surface area (Å²) in [4.78, 5) is 29.9. The molecule has 33 heavy (non-hydrogen) atoms. The first-order valence-corrected chi connectivity index (χ1v) is 11.7. The quantitative estimate of drug-likeness (QED) is 0.448. The average molecular weight is 457 g/mol. The van der Waals surface area contributed by atoms with Gasteiger partial charge in [-0.3, -0.25) is 9.59 Å². The Bertz CT molecular complexity index is 870. The van der Waals surface area contributed by atoms with Gasteiger partial charge in [0.25, 0.3) is 0 Å². The summed E-state index contributed by atoms with van der Waals surface area (Å²) in [6.45, 7) is 12.1. The topological polar surface area (TPSA) is 63.0 Å². The number of aryl methyl sites for hydroxylation is 1. The van der Waals surface area contributed by atoms with Crippen molar-refractivity contribution in [3.8, 4) is 0 Å². The molecule has 0 aliphatic rings. The Kier molecular flexibility index (Phi) is 10.2. The molecule has 0 saturated heterocycles. The number of ether oxygens (including phenoxy) is 1. The van der Waals surface area contributed by atoms with Gasteiger partial charge in [0.1, 0.15) is 11.5 Å². The van der Waals surface area contributed by atoms with Gasteiger partial charge in [0.15, 0.2) is 0 Å². The summed E-state index contributed by atoms with van der Waals surface area (Å²) in [5.41, 5.74) is 1.18. The van der Waals surface area contributed by atoms with Crippen molar-refractivity contribution in [3.63, 3.8) is 0 Å². The molecule has 0 fully saturated rings. The SMILES string of the molecule is COCCN(CC(=O)N(Cc1ccccc1)Cc1ccc(C)o1)C(=O)CC(C)CC(C)(C)C. The van der Waals surface area contributed by atoms with Crippen molar-refractivity contribution in [3.05, 3.63) is 59.5 Å². The minimum absolute atomic E-state index is 0.00865. The number of amides is 2. The van der Waals surface area contributed by atoms with Crippen molar-refractivity contribution >= 4 is 11.8 Å². The largest absolute Gasteiger partial charge is 0.464 e. The number of nitrogens with zero attached hydrogens (tertiary/aromatic N) is 2. The van der Waals surface area contributed by atoms with E-state index in [9.17, 15) is 9.59 Å². The molecule has 0 N–H and O–H groups in total. The normalized spacial score (nSPS) is 12.4. The molecule has 6 nitrogen and oxygen atoms in total. The van der Waals surface area contributed by atoms with Crippen LogP contribution in [0.25, 0.3) is 0 Å². The van der Waals surface area contributed by atoms with E-state index in [1.165, 1.54) is 0 Å². The summed E-state index contributed by atoms with van der Waals surface area (Å²) in [5.74, 6) is 1.66. The maximum Gasteiger partial charge on any atom is 0.242 e. The molecule has 0 saturated carbocycles. The van der Waals surface area contributed by atoms with Crippen LogP contribution < -0.4 is 0 Å². The van der Waals surface area contributed by atoms with Gasteiger partial charge >= 0.3 is 0 Å². The number of hydrogen-bond donors (Lipinski definition) is 0. The molecule has 2 aromatic rings. The maximum atomic E-state index is 13.4. The summed E-state index contributed by atoms with van der Waals surface area (Å²) in [5, 5.41) is 0. The first kappa shape index (κ1) is 26.7. The lowest BCUT2D eigenvalue weighted by atomic mass is 9.84. The third-order valence-electron chi connectivity index (χ3n) is 5.44. The van der Waals surface area contributed by atoms with Crippen LogP contribution >= 0.6 is 0 Å². The van der Waals surface area contributed by atoms with Crippen LogP contribution in [0.3, 0.4) is 0 Å². The second-order valence-electron chi connectivity index (χ2n) is 10.1. The highest BCUT2D eigenvalue weighted by Crippen LogP contribution is 2.26. The van der Waals surface area contributed by atoms with Gasteiger partial charge in [-0.2, -0.15) is 0 Å². The molecular formula is C27H40N2O4. The monoisotopic (exact) mass is 456 g/mol. The Morgan fingerprint density at radius 3 is 2.27 bits per heavy atom. The molecule has 6 heteroatoms. The first-order valence-electron chi connectivity index (χ1n) is 11.7. The molecule has 1 unspecified atom stereocenters. The predicted molar refractivity (Wildman–Crippen MR) is 130 cm³/mol. The fraction of sp³-hybridized carbons (Fsp3) is 0.556. The summed E-state index contributed by atoms with van der Waals surface area (Å²) in [6, 6.07) is 13.6. The number of carbonyl (C=O) groups excluding carboxylic acids is 2. The molecule has 0 radical (unpaired) electrons. The maximum absolute atomic E-state index is 13.4. The Hall–Kier alpha value is -2.60. The standard InChI is InChI=1S/C27H40N2O4/c1-21(17-27(3,4)5)16-25(30)28(14-15-32-6)20-26(31)29(18-23-10-8-7-9-11-23)19-24-13-12-22(2)33-24/h7-13,21H,14-20H2,1-6H3. The minimum Gasteiger partial charge on any atom is -0.464 e. The van der Waals surface area contributed by atoms with Gasteiger partial charge in [0.05, 0.1) is 19.7 Å². The highest BCUT2D eigenvalue weighted by Gasteiger charge is 2.25.